The molecule has 0 saturated heterocycles. The quantitative estimate of drug-likeness (QED) is 0.0229. The highest BCUT2D eigenvalue weighted by atomic mass is 32.1. The van der Waals surface area contributed by atoms with Crippen molar-refractivity contribution in [2.75, 3.05) is 37.3 Å². The van der Waals surface area contributed by atoms with E-state index in [9.17, 15) is 19.5 Å². The van der Waals surface area contributed by atoms with E-state index in [0.717, 1.165) is 140 Å². The predicted molar refractivity (Wildman–Crippen MR) is 423 cm³/mol. The van der Waals surface area contributed by atoms with Crippen molar-refractivity contribution in [2.45, 2.75) is 91.9 Å². The Morgan fingerprint density at radius 3 is 0.990 bits per heavy atom. The van der Waals surface area contributed by atoms with Crippen LogP contribution in [0.5, 0.6) is 17.2 Å². The van der Waals surface area contributed by atoms with Gasteiger partial charge >= 0.3 is 17.9 Å². The highest BCUT2D eigenvalue weighted by molar-refractivity contribution is 7.16. The Morgan fingerprint density at radius 1 is 0.381 bits per heavy atom. The number of rotatable bonds is 30. The van der Waals surface area contributed by atoms with Gasteiger partial charge in [0.25, 0.3) is 0 Å². The first kappa shape index (κ1) is 76.0. The zero-order valence-electron chi connectivity index (χ0n) is 59.7. The van der Waals surface area contributed by atoms with Crippen LogP contribution in [0.1, 0.15) is 110 Å². The zero-order chi connectivity index (χ0) is 74.4. The molecule has 6 heterocycles. The molecule has 105 heavy (non-hydrogen) atoms. The molecule has 12 aromatic rings. The topological polar surface area (TPSA) is 253 Å². The van der Waals surface area contributed by atoms with Crippen molar-refractivity contribution in [3.63, 3.8) is 0 Å². The maximum absolute atomic E-state index is 11.2. The lowest BCUT2D eigenvalue weighted by Crippen LogP contribution is -2.07. The lowest BCUT2D eigenvalue weighted by molar-refractivity contribution is 0.0686. The zero-order valence-corrected chi connectivity index (χ0v) is 62.1. The molecule has 0 aliphatic rings. The molecule has 0 amide bonds. The number of thiophene rings is 3. The summed E-state index contributed by atoms with van der Waals surface area (Å²) in [5.74, 6) is 3.96. The number of aryl methyl sites for hydroxylation is 9. The fourth-order valence-electron chi connectivity index (χ4n) is 11.4. The van der Waals surface area contributed by atoms with Crippen LogP contribution < -0.4 is 30.2 Å². The second kappa shape index (κ2) is 37.0. The Balaban J connectivity index is 0.000000169. The first-order valence-electron chi connectivity index (χ1n) is 34.3. The molecule has 6 N–H and O–H groups in total. The van der Waals surface area contributed by atoms with E-state index in [-0.39, 0.29) is 16.7 Å². The molecule has 0 aliphatic heterocycles. The fourth-order valence-corrected chi connectivity index (χ4v) is 14.2. The van der Waals surface area contributed by atoms with Gasteiger partial charge in [-0.2, -0.15) is 0 Å². The third-order valence-electron chi connectivity index (χ3n) is 17.2. The minimum Gasteiger partial charge on any atom is -0.497 e. The Hall–Kier alpha value is -11.7. The van der Waals surface area contributed by atoms with E-state index >= 15 is 0 Å². The largest absolute Gasteiger partial charge is 0.497 e. The van der Waals surface area contributed by atoms with Gasteiger partial charge in [-0.25, -0.2) is 44.3 Å². The SMILES string of the molecule is C=CCc1c(C)nc(-c2ccc(CCc3ccc(OC)cc3)s2)nc1Nc1ccc(C(=O)O)cc1.C=CCc1c(CC)nc(-c2ccc(CCc3ccc(OC)cc3)s2)nc1Nc1ccc(C(=O)O)cc1.CCc1c(C)nc(-c2ccc(CCc3ccc(OC)cc3)s2)nc1Nc1ccc(C(=O)O)cc1. The van der Waals surface area contributed by atoms with E-state index in [1.54, 1.807) is 128 Å². The van der Waals surface area contributed by atoms with E-state index < -0.39 is 17.9 Å². The first-order valence-corrected chi connectivity index (χ1v) is 36.7. The highest BCUT2D eigenvalue weighted by Crippen LogP contribution is 2.35. The molecule has 21 heteroatoms. The van der Waals surface area contributed by atoms with Crippen molar-refractivity contribution in [1.29, 1.82) is 0 Å². The number of allylic oxidation sites excluding steroid dienone is 2. The van der Waals surface area contributed by atoms with Crippen LogP contribution in [0.3, 0.4) is 0 Å². The van der Waals surface area contributed by atoms with Gasteiger partial charge in [-0.1, -0.05) is 62.4 Å². The third-order valence-corrected chi connectivity index (χ3v) is 20.6. The van der Waals surface area contributed by atoms with Crippen LogP contribution in [-0.2, 0) is 64.2 Å². The summed E-state index contributed by atoms with van der Waals surface area (Å²) in [5, 5.41) is 37.5. The number of anilines is 6. The summed E-state index contributed by atoms with van der Waals surface area (Å²) in [5.41, 5.74) is 12.6. The number of carboxylic acid groups (broad SMARTS) is 3. The number of carbonyl (C=O) groups is 3. The minimum atomic E-state index is -0.954. The summed E-state index contributed by atoms with van der Waals surface area (Å²) in [4.78, 5) is 69.3. The van der Waals surface area contributed by atoms with E-state index in [1.165, 1.54) is 31.3 Å². The van der Waals surface area contributed by atoms with Crippen LogP contribution in [0.4, 0.5) is 34.5 Å². The van der Waals surface area contributed by atoms with Gasteiger partial charge in [-0.15, -0.1) is 47.2 Å². The van der Waals surface area contributed by atoms with Gasteiger partial charge in [0.2, 0.25) is 0 Å². The summed E-state index contributed by atoms with van der Waals surface area (Å²) in [6.07, 6.45) is 12.2. The molecule has 0 unspecified atom stereocenters. The van der Waals surface area contributed by atoms with E-state index in [2.05, 4.69) is 116 Å². The maximum Gasteiger partial charge on any atom is 0.335 e. The lowest BCUT2D eigenvalue weighted by Gasteiger charge is -2.15. The molecule has 0 fully saturated rings. The number of ether oxygens (including phenoxy) is 3. The number of benzene rings is 6. The molecule has 0 atom stereocenters. The molecule has 6 aromatic carbocycles. The summed E-state index contributed by atoms with van der Waals surface area (Å²) >= 11 is 5.12. The first-order chi connectivity index (χ1) is 50.9. The van der Waals surface area contributed by atoms with Crippen molar-refractivity contribution < 1.29 is 43.9 Å². The average molecular weight is 1460 g/mol. The van der Waals surface area contributed by atoms with Gasteiger partial charge < -0.3 is 45.5 Å². The van der Waals surface area contributed by atoms with Gasteiger partial charge in [0.15, 0.2) is 17.5 Å². The van der Waals surface area contributed by atoms with Crippen LogP contribution in [0.25, 0.3) is 32.1 Å². The summed E-state index contributed by atoms with van der Waals surface area (Å²) < 4.78 is 15.7. The maximum atomic E-state index is 11.2. The normalized spacial score (nSPS) is 10.7. The summed E-state index contributed by atoms with van der Waals surface area (Å²) in [6, 6.07) is 57.1. The third kappa shape index (κ3) is 20.8. The van der Waals surface area contributed by atoms with Crippen molar-refractivity contribution in [1.82, 2.24) is 29.9 Å². The number of aromatic carboxylic acids is 3. The summed E-state index contributed by atoms with van der Waals surface area (Å²) in [7, 11) is 5.02. The van der Waals surface area contributed by atoms with Gasteiger partial charge in [-0.05, 0) is 240 Å². The summed E-state index contributed by atoms with van der Waals surface area (Å²) in [6.45, 7) is 15.9. The van der Waals surface area contributed by atoms with E-state index in [1.807, 2.05) is 62.4 Å². The van der Waals surface area contributed by atoms with Crippen LogP contribution in [0.2, 0.25) is 0 Å². The molecule has 18 nitrogen and oxygen atoms in total. The molecule has 12 rings (SSSR count). The number of methoxy groups -OCH3 is 3. The van der Waals surface area contributed by atoms with Crippen LogP contribution >= 0.6 is 34.0 Å². The van der Waals surface area contributed by atoms with Crippen LogP contribution in [-0.4, -0.2) is 84.5 Å². The number of nitrogens with zero attached hydrogens (tertiary/aromatic N) is 6. The predicted octanol–water partition coefficient (Wildman–Crippen LogP) is 19.5. The van der Waals surface area contributed by atoms with E-state index in [4.69, 9.17) is 54.3 Å². The molecule has 0 spiro atoms. The van der Waals surface area contributed by atoms with Crippen molar-refractivity contribution in [3.05, 3.63) is 289 Å². The molecular weight excluding hydrogens is 1380 g/mol. The average Bonchev–Trinajstić information content (AvgIpc) is 1.18. The van der Waals surface area contributed by atoms with Crippen LogP contribution in [0.15, 0.2) is 207 Å². The van der Waals surface area contributed by atoms with Gasteiger partial charge in [0.1, 0.15) is 34.7 Å². The molecular formula is C84H83N9O9S3. The second-order valence-electron chi connectivity index (χ2n) is 24.3. The second-order valence-corrected chi connectivity index (χ2v) is 27.8. The number of hydrogen-bond donors (Lipinski definition) is 6. The smallest absolute Gasteiger partial charge is 0.335 e. The van der Waals surface area contributed by atoms with Crippen LogP contribution in [0, 0.1) is 13.8 Å². The Kier molecular flexibility index (Phi) is 26.8. The Morgan fingerprint density at radius 2 is 0.686 bits per heavy atom. The van der Waals surface area contributed by atoms with Gasteiger partial charge in [-0.3, -0.25) is 0 Å². The van der Waals surface area contributed by atoms with Gasteiger partial charge in [0.05, 0.1) is 52.7 Å². The van der Waals surface area contributed by atoms with Crippen molar-refractivity contribution >= 4 is 86.4 Å². The molecule has 0 radical (unpaired) electrons. The van der Waals surface area contributed by atoms with Crippen molar-refractivity contribution in [2.24, 2.45) is 0 Å². The van der Waals surface area contributed by atoms with Crippen molar-refractivity contribution in [3.8, 4) is 49.4 Å². The molecule has 0 saturated carbocycles. The fraction of sp³-hybridized carbons (Fsp3) is 0.202. The van der Waals surface area contributed by atoms with E-state index in [0.29, 0.717) is 42.0 Å². The monoisotopic (exact) mass is 1460 g/mol. The van der Waals surface area contributed by atoms with Gasteiger partial charge in [0, 0.05) is 65.5 Å². The number of carboxylic acids is 3. The Bertz CT molecular complexity index is 4940. The lowest BCUT2D eigenvalue weighted by atomic mass is 10.1. The molecule has 536 valence electrons. The number of aromatic nitrogens is 6. The minimum absolute atomic E-state index is 0.238. The standard InChI is InChI=1S/C29H29N3O3S.C28H27N3O3S.C27H27N3O3S/c1-4-6-24-25(5-2)31-28(32-27(24)30-21-12-10-20(11-13-21)29(33)34)26-18-17-23(36-26)16-9-19-7-14-22(35-3)15-8-19;1-4-5-24-18(2)29-27(31-26(24)30-21-11-9-20(10-12-21)28(32)33)25-17-16-23(35-25)15-8-19-6-13-22(34-3)14-7-19;1-4-23-17(2)28-26(30-25(23)29-20-10-8-19(9-11-20)27(31)32)24-16-15-22(34-24)14-7-18-5-12-21(33-3)13-6-18/h4,7-8,10-15,17-18H,1,5-6,9,16H2,2-3H3,(H,33,34)(H,30,31,32);4,6-7,9-14,16-17H,1,5,8,15H2,2-3H3,(H,32,33)(H,29,30,31);5-6,8-13,15-16H,4,7,14H2,1-3H3,(H,31,32)(H,28,29,30). The number of hydrogen-bond acceptors (Lipinski definition) is 18. The molecule has 0 aliphatic carbocycles. The highest BCUT2D eigenvalue weighted by Gasteiger charge is 2.20. The molecule has 0 bridgehead atoms. The number of nitrogens with one attached hydrogen (secondary N) is 3. The molecule has 6 aromatic heterocycles. The Labute approximate surface area is 624 Å².